The fourth-order valence-corrected chi connectivity index (χ4v) is 1.19. The van der Waals surface area contributed by atoms with E-state index in [2.05, 4.69) is 16.9 Å². The molecule has 0 saturated heterocycles. The second kappa shape index (κ2) is 8.45. The van der Waals surface area contributed by atoms with E-state index in [0.29, 0.717) is 6.54 Å². The van der Waals surface area contributed by atoms with Crippen LogP contribution in [-0.2, 0) is 9.63 Å². The summed E-state index contributed by atoms with van der Waals surface area (Å²) < 4.78 is 0. The third-order valence-electron chi connectivity index (χ3n) is 2.08. The van der Waals surface area contributed by atoms with Crippen LogP contribution in [-0.4, -0.2) is 12.5 Å². The Hall–Kier alpha value is -2.64. The van der Waals surface area contributed by atoms with E-state index >= 15 is 0 Å². The van der Waals surface area contributed by atoms with Gasteiger partial charge < -0.3 is 4.84 Å². The lowest BCUT2D eigenvalue weighted by Gasteiger charge is -2.00. The van der Waals surface area contributed by atoms with Crippen molar-refractivity contribution in [2.45, 2.75) is 0 Å². The van der Waals surface area contributed by atoms with E-state index in [0.717, 1.165) is 5.56 Å². The van der Waals surface area contributed by atoms with Gasteiger partial charge in [-0.2, -0.15) is 5.26 Å². The van der Waals surface area contributed by atoms with Crippen LogP contribution in [0, 0.1) is 11.3 Å². The number of hydrogen-bond acceptors (Lipinski definition) is 4. The standard InChI is InChI=1S/C15H14N2O2/c1-2-11-17-19-15(18)14(12-16)10-6-9-13-7-4-3-5-8-13/h2-10,17H,1,11H2. The van der Waals surface area contributed by atoms with Crippen LogP contribution in [0.25, 0.3) is 6.08 Å². The maximum Gasteiger partial charge on any atom is 0.367 e. The van der Waals surface area contributed by atoms with Crippen LogP contribution >= 0.6 is 0 Å². The molecular formula is C15H14N2O2. The lowest BCUT2D eigenvalue weighted by molar-refractivity contribution is -0.145. The average Bonchev–Trinajstić information content (AvgIpc) is 2.45. The molecular weight excluding hydrogens is 240 g/mol. The van der Waals surface area contributed by atoms with Crippen molar-refractivity contribution in [1.29, 1.82) is 5.26 Å². The van der Waals surface area contributed by atoms with Gasteiger partial charge in [0.05, 0.1) is 0 Å². The molecule has 1 aromatic rings. The van der Waals surface area contributed by atoms with Crippen molar-refractivity contribution in [3.05, 3.63) is 66.3 Å². The third-order valence-corrected chi connectivity index (χ3v) is 2.08. The quantitative estimate of drug-likeness (QED) is 0.211. The van der Waals surface area contributed by atoms with E-state index in [1.54, 1.807) is 24.3 Å². The lowest BCUT2D eigenvalue weighted by atomic mass is 10.2. The molecule has 0 fully saturated rings. The van der Waals surface area contributed by atoms with Gasteiger partial charge in [0.15, 0.2) is 0 Å². The topological polar surface area (TPSA) is 62.1 Å². The van der Waals surface area contributed by atoms with Crippen molar-refractivity contribution < 1.29 is 9.63 Å². The minimum absolute atomic E-state index is 0.0799. The van der Waals surface area contributed by atoms with Gasteiger partial charge in [0.25, 0.3) is 0 Å². The molecule has 0 saturated carbocycles. The highest BCUT2D eigenvalue weighted by Crippen LogP contribution is 2.03. The minimum atomic E-state index is -0.720. The van der Waals surface area contributed by atoms with E-state index in [1.807, 2.05) is 30.3 Å². The predicted molar refractivity (Wildman–Crippen MR) is 73.5 cm³/mol. The summed E-state index contributed by atoms with van der Waals surface area (Å²) in [6.07, 6.45) is 6.37. The fraction of sp³-hybridized carbons (Fsp3) is 0.0667. The highest BCUT2D eigenvalue weighted by Gasteiger charge is 2.08. The first-order valence-corrected chi connectivity index (χ1v) is 5.66. The smallest absolute Gasteiger partial charge is 0.366 e. The lowest BCUT2D eigenvalue weighted by Crippen LogP contribution is -2.20. The highest BCUT2D eigenvalue weighted by atomic mass is 16.7. The maximum absolute atomic E-state index is 11.4. The van der Waals surface area contributed by atoms with Gasteiger partial charge in [-0.1, -0.05) is 48.6 Å². The van der Waals surface area contributed by atoms with Gasteiger partial charge in [0, 0.05) is 6.54 Å². The molecule has 1 N–H and O–H groups in total. The Bertz CT molecular complexity index is 525. The number of hydrogen-bond donors (Lipinski definition) is 1. The van der Waals surface area contributed by atoms with Gasteiger partial charge in [-0.3, -0.25) is 0 Å². The summed E-state index contributed by atoms with van der Waals surface area (Å²) in [4.78, 5) is 16.1. The number of hydroxylamine groups is 1. The predicted octanol–water partition coefficient (Wildman–Crippen LogP) is 2.38. The molecule has 4 nitrogen and oxygen atoms in total. The number of nitriles is 1. The number of nitrogens with one attached hydrogen (secondary N) is 1. The number of carbonyl (C=O) groups is 1. The number of benzene rings is 1. The normalized spacial score (nSPS) is 11.0. The summed E-state index contributed by atoms with van der Waals surface area (Å²) in [7, 11) is 0. The van der Waals surface area contributed by atoms with Crippen LogP contribution in [0.3, 0.4) is 0 Å². The van der Waals surface area contributed by atoms with Crippen LogP contribution < -0.4 is 5.48 Å². The van der Waals surface area contributed by atoms with Crippen LogP contribution in [0.1, 0.15) is 5.56 Å². The Balaban J connectivity index is 2.62. The molecule has 0 radical (unpaired) electrons. The van der Waals surface area contributed by atoms with Crippen molar-refractivity contribution >= 4 is 12.0 Å². The van der Waals surface area contributed by atoms with Crippen molar-refractivity contribution in [3.63, 3.8) is 0 Å². The van der Waals surface area contributed by atoms with E-state index in [-0.39, 0.29) is 5.57 Å². The maximum atomic E-state index is 11.4. The first kappa shape index (κ1) is 14.4. The molecule has 96 valence electrons. The first-order chi connectivity index (χ1) is 9.27. The van der Waals surface area contributed by atoms with E-state index in [4.69, 9.17) is 5.26 Å². The molecule has 0 aliphatic heterocycles. The average molecular weight is 254 g/mol. The zero-order valence-electron chi connectivity index (χ0n) is 10.4. The zero-order chi connectivity index (χ0) is 13.9. The molecule has 0 amide bonds. The second-order valence-electron chi connectivity index (χ2n) is 3.49. The summed E-state index contributed by atoms with van der Waals surface area (Å²) in [5.74, 6) is -0.720. The van der Waals surface area contributed by atoms with E-state index in [9.17, 15) is 4.79 Å². The van der Waals surface area contributed by atoms with Crippen LogP contribution in [0.15, 0.2) is 60.7 Å². The Morgan fingerprint density at radius 3 is 2.79 bits per heavy atom. The SMILES string of the molecule is C=CCNOC(=O)C(C#N)=CC=Cc1ccccc1. The number of allylic oxidation sites excluding steroid dienone is 2. The Morgan fingerprint density at radius 2 is 2.16 bits per heavy atom. The molecule has 4 heteroatoms. The van der Waals surface area contributed by atoms with Gasteiger partial charge in [-0.15, -0.1) is 12.1 Å². The van der Waals surface area contributed by atoms with Crippen molar-refractivity contribution in [2.24, 2.45) is 0 Å². The van der Waals surface area contributed by atoms with Crippen molar-refractivity contribution in [2.75, 3.05) is 6.54 Å². The van der Waals surface area contributed by atoms with Crippen LogP contribution in [0.5, 0.6) is 0 Å². The molecule has 0 aliphatic carbocycles. The van der Waals surface area contributed by atoms with Gasteiger partial charge in [0.2, 0.25) is 0 Å². The van der Waals surface area contributed by atoms with Crippen LogP contribution in [0.4, 0.5) is 0 Å². The Labute approximate surface area is 112 Å². The molecule has 19 heavy (non-hydrogen) atoms. The third kappa shape index (κ3) is 5.48. The minimum Gasteiger partial charge on any atom is -0.366 e. The molecule has 0 bridgehead atoms. The first-order valence-electron chi connectivity index (χ1n) is 5.66. The molecule has 0 atom stereocenters. The molecule has 0 heterocycles. The summed E-state index contributed by atoms with van der Waals surface area (Å²) in [5.41, 5.74) is 3.27. The summed E-state index contributed by atoms with van der Waals surface area (Å²) in [5, 5.41) is 8.85. The van der Waals surface area contributed by atoms with Gasteiger partial charge >= 0.3 is 5.97 Å². The second-order valence-corrected chi connectivity index (χ2v) is 3.49. The molecule has 1 rings (SSSR count). The molecule has 0 unspecified atom stereocenters. The molecule has 0 aliphatic rings. The Kier molecular flexibility index (Phi) is 6.41. The number of carbonyl (C=O) groups excluding carboxylic acids is 1. The monoisotopic (exact) mass is 254 g/mol. The largest absolute Gasteiger partial charge is 0.367 e. The van der Waals surface area contributed by atoms with Crippen molar-refractivity contribution in [3.8, 4) is 6.07 Å². The van der Waals surface area contributed by atoms with E-state index in [1.165, 1.54) is 6.08 Å². The summed E-state index contributed by atoms with van der Waals surface area (Å²) in [6, 6.07) is 11.3. The molecule has 1 aromatic carbocycles. The van der Waals surface area contributed by atoms with E-state index < -0.39 is 5.97 Å². The van der Waals surface area contributed by atoms with Gasteiger partial charge in [-0.25, -0.2) is 4.79 Å². The molecule has 0 aromatic heterocycles. The molecule has 0 spiro atoms. The Morgan fingerprint density at radius 1 is 1.42 bits per heavy atom. The van der Waals surface area contributed by atoms with Crippen molar-refractivity contribution in [1.82, 2.24) is 5.48 Å². The fourth-order valence-electron chi connectivity index (χ4n) is 1.19. The zero-order valence-corrected chi connectivity index (χ0v) is 10.4. The highest BCUT2D eigenvalue weighted by molar-refractivity contribution is 5.93. The number of nitrogens with zero attached hydrogens (tertiary/aromatic N) is 1. The van der Waals surface area contributed by atoms with Gasteiger partial charge in [0.1, 0.15) is 11.6 Å². The summed E-state index contributed by atoms with van der Waals surface area (Å²) in [6.45, 7) is 3.78. The number of rotatable bonds is 6. The summed E-state index contributed by atoms with van der Waals surface area (Å²) >= 11 is 0. The van der Waals surface area contributed by atoms with Crippen LogP contribution in [0.2, 0.25) is 0 Å². The van der Waals surface area contributed by atoms with Gasteiger partial charge in [-0.05, 0) is 11.6 Å².